The van der Waals surface area contributed by atoms with E-state index in [0.717, 1.165) is 33.6 Å². The van der Waals surface area contributed by atoms with E-state index >= 15 is 0 Å². The summed E-state index contributed by atoms with van der Waals surface area (Å²) in [6.45, 7) is 1.90. The lowest BCUT2D eigenvalue weighted by molar-refractivity contribution is 0.0565. The molecular weight excluding hydrogens is 623 g/mol. The Morgan fingerprint density at radius 2 is 1.63 bits per heavy atom. The van der Waals surface area contributed by atoms with Gasteiger partial charge in [-0.2, -0.15) is 13.1 Å². The Balaban J connectivity index is 1.80. The van der Waals surface area contributed by atoms with Gasteiger partial charge in [0.15, 0.2) is 0 Å². The van der Waals surface area contributed by atoms with Gasteiger partial charge in [0.25, 0.3) is 0 Å². The van der Waals surface area contributed by atoms with Crippen LogP contribution >= 0.6 is 19.2 Å². The van der Waals surface area contributed by atoms with Gasteiger partial charge in [-0.05, 0) is 59.5 Å². The Morgan fingerprint density at radius 3 is 2.30 bits per heavy atom. The van der Waals surface area contributed by atoms with Crippen molar-refractivity contribution in [1.29, 1.82) is 0 Å². The molecule has 228 valence electrons. The maximum Gasteiger partial charge on any atom is 0.399 e. The van der Waals surface area contributed by atoms with E-state index in [4.69, 9.17) is 30.9 Å². The van der Waals surface area contributed by atoms with Gasteiger partial charge in [0.2, 0.25) is 10.0 Å². The fraction of sp³-hybridized carbons (Fsp3) is 0.200. The van der Waals surface area contributed by atoms with E-state index in [0.29, 0.717) is 17.9 Å². The van der Waals surface area contributed by atoms with Crippen LogP contribution in [0.3, 0.4) is 0 Å². The van der Waals surface area contributed by atoms with Crippen molar-refractivity contribution in [2.24, 2.45) is 0 Å². The van der Waals surface area contributed by atoms with Crippen LogP contribution < -0.4 is 9.47 Å². The van der Waals surface area contributed by atoms with E-state index < -0.39 is 33.9 Å². The molecule has 43 heavy (non-hydrogen) atoms. The van der Waals surface area contributed by atoms with Crippen LogP contribution in [0.2, 0.25) is 5.02 Å². The molecule has 4 rings (SSSR count). The molecule has 0 saturated carbocycles. The van der Waals surface area contributed by atoms with E-state index in [1.165, 1.54) is 19.2 Å². The standard InChI is InChI=1S/C30H29ClF2NO7PS/c1-3-41-24-11-8-10-22(18-24)25-12-5-4-9-23(25)20-34(43(38,39)29-14-7-6-13-28(29)40-2)19-21-15-16-26(27(31)17-21)30(32,33)42(35,36)37/h4-18H,3,19-20H2,1-2H3,(H2,35,36,37). The smallest absolute Gasteiger partial charge is 0.399 e. The number of methoxy groups -OCH3 is 1. The van der Waals surface area contributed by atoms with Crippen LogP contribution in [0, 0.1) is 0 Å². The van der Waals surface area contributed by atoms with Crippen LogP contribution in [-0.2, 0) is 33.3 Å². The molecule has 0 radical (unpaired) electrons. The van der Waals surface area contributed by atoms with Gasteiger partial charge in [-0.3, -0.25) is 4.57 Å². The predicted octanol–water partition coefficient (Wildman–Crippen LogP) is 7.03. The molecule has 0 aromatic heterocycles. The lowest BCUT2D eigenvalue weighted by Gasteiger charge is -2.25. The van der Waals surface area contributed by atoms with Crippen LogP contribution in [0.1, 0.15) is 23.6 Å². The molecule has 0 heterocycles. The highest BCUT2D eigenvalue weighted by molar-refractivity contribution is 7.89. The van der Waals surface area contributed by atoms with Gasteiger partial charge in [0.05, 0.1) is 24.3 Å². The molecule has 13 heteroatoms. The second-order valence-electron chi connectivity index (χ2n) is 9.44. The van der Waals surface area contributed by atoms with Crippen LogP contribution in [-0.4, -0.2) is 36.2 Å². The quantitative estimate of drug-likeness (QED) is 0.158. The second kappa shape index (κ2) is 13.1. The molecule has 0 saturated heterocycles. The Morgan fingerprint density at radius 1 is 0.930 bits per heavy atom. The van der Waals surface area contributed by atoms with Crippen molar-refractivity contribution in [2.45, 2.75) is 30.6 Å². The lowest BCUT2D eigenvalue weighted by Crippen LogP contribution is -2.31. The molecule has 2 N–H and O–H groups in total. The SMILES string of the molecule is CCOc1cccc(-c2ccccc2CN(Cc2ccc(C(F)(F)P(=O)(O)O)c(Cl)c2)S(=O)(=O)c2ccccc2OC)c1. The largest absolute Gasteiger partial charge is 0.495 e. The van der Waals surface area contributed by atoms with Gasteiger partial charge in [-0.1, -0.05) is 72.3 Å². The Bertz CT molecular complexity index is 1770. The summed E-state index contributed by atoms with van der Waals surface area (Å²) in [4.78, 5) is 18.2. The van der Waals surface area contributed by atoms with Gasteiger partial charge in [0.1, 0.15) is 16.4 Å². The molecule has 0 aliphatic rings. The summed E-state index contributed by atoms with van der Waals surface area (Å²) in [5.74, 6) is 0.759. The normalized spacial score (nSPS) is 12.4. The Kier molecular flexibility index (Phi) is 9.96. The maximum atomic E-state index is 14.4. The first-order chi connectivity index (χ1) is 20.3. The summed E-state index contributed by atoms with van der Waals surface area (Å²) in [5.41, 5.74) is -3.19. The monoisotopic (exact) mass is 651 g/mol. The summed E-state index contributed by atoms with van der Waals surface area (Å²) in [6, 6.07) is 23.7. The number of hydrogen-bond donors (Lipinski definition) is 2. The van der Waals surface area contributed by atoms with Crippen molar-refractivity contribution in [3.05, 3.63) is 113 Å². The van der Waals surface area contributed by atoms with E-state index in [-0.39, 0.29) is 29.3 Å². The highest BCUT2D eigenvalue weighted by Gasteiger charge is 2.51. The van der Waals surface area contributed by atoms with Gasteiger partial charge in [0, 0.05) is 13.1 Å². The van der Waals surface area contributed by atoms with Crippen molar-refractivity contribution in [3.8, 4) is 22.6 Å². The van der Waals surface area contributed by atoms with E-state index in [1.807, 2.05) is 43.3 Å². The average molecular weight is 652 g/mol. The van der Waals surface area contributed by atoms with Crippen LogP contribution in [0.5, 0.6) is 11.5 Å². The number of rotatable bonds is 12. The first-order valence-corrected chi connectivity index (χ1v) is 16.4. The summed E-state index contributed by atoms with van der Waals surface area (Å²) in [6.07, 6.45) is 0. The van der Waals surface area contributed by atoms with Crippen molar-refractivity contribution in [2.75, 3.05) is 13.7 Å². The fourth-order valence-electron chi connectivity index (χ4n) is 4.51. The molecule has 0 spiro atoms. The molecule has 0 amide bonds. The minimum Gasteiger partial charge on any atom is -0.495 e. The third-order valence-electron chi connectivity index (χ3n) is 6.59. The fourth-order valence-corrected chi connectivity index (χ4v) is 6.97. The highest BCUT2D eigenvalue weighted by atomic mass is 35.5. The van der Waals surface area contributed by atoms with Crippen LogP contribution in [0.15, 0.2) is 95.9 Å². The first kappa shape index (κ1) is 32.6. The number of ether oxygens (including phenoxy) is 2. The molecule has 0 unspecified atom stereocenters. The van der Waals surface area contributed by atoms with Crippen LogP contribution in [0.25, 0.3) is 11.1 Å². The van der Waals surface area contributed by atoms with Crippen molar-refractivity contribution in [3.63, 3.8) is 0 Å². The molecule has 0 bridgehead atoms. The molecule has 0 fully saturated rings. The summed E-state index contributed by atoms with van der Waals surface area (Å²) >= 11 is 6.07. The number of alkyl halides is 2. The topological polar surface area (TPSA) is 113 Å². The Labute approximate surface area is 253 Å². The number of nitrogens with zero attached hydrogens (tertiary/aromatic N) is 1. The van der Waals surface area contributed by atoms with E-state index in [2.05, 4.69) is 0 Å². The molecule has 0 atom stereocenters. The molecule has 0 aliphatic carbocycles. The molecule has 8 nitrogen and oxygen atoms in total. The molecular formula is C30H29ClF2NO7PS. The predicted molar refractivity (Wildman–Crippen MR) is 160 cm³/mol. The zero-order valence-corrected chi connectivity index (χ0v) is 25.6. The minimum absolute atomic E-state index is 0.107. The van der Waals surface area contributed by atoms with Crippen molar-refractivity contribution >= 4 is 29.2 Å². The van der Waals surface area contributed by atoms with Crippen molar-refractivity contribution < 1.29 is 41.0 Å². The first-order valence-electron chi connectivity index (χ1n) is 13.0. The minimum atomic E-state index is -5.87. The highest BCUT2D eigenvalue weighted by Crippen LogP contribution is 2.60. The number of para-hydroxylation sites is 1. The van der Waals surface area contributed by atoms with Gasteiger partial charge >= 0.3 is 13.3 Å². The van der Waals surface area contributed by atoms with Crippen molar-refractivity contribution in [1.82, 2.24) is 4.31 Å². The molecule has 4 aromatic rings. The molecule has 4 aromatic carbocycles. The third kappa shape index (κ3) is 7.09. The summed E-state index contributed by atoms with van der Waals surface area (Å²) in [5, 5.41) is -0.617. The lowest BCUT2D eigenvalue weighted by atomic mass is 9.99. The number of hydrogen-bond acceptors (Lipinski definition) is 5. The number of sulfonamides is 1. The Hall–Kier alpha value is -3.31. The zero-order valence-electron chi connectivity index (χ0n) is 23.2. The zero-order chi connectivity index (χ0) is 31.4. The second-order valence-corrected chi connectivity index (χ2v) is 13.4. The van der Waals surface area contributed by atoms with Gasteiger partial charge in [-0.15, -0.1) is 0 Å². The van der Waals surface area contributed by atoms with E-state index in [1.54, 1.807) is 24.3 Å². The number of halogens is 3. The molecule has 0 aliphatic heterocycles. The third-order valence-corrected chi connectivity index (χ3v) is 9.71. The van der Waals surface area contributed by atoms with Gasteiger partial charge < -0.3 is 19.3 Å². The van der Waals surface area contributed by atoms with Gasteiger partial charge in [-0.25, -0.2) is 8.42 Å². The maximum absolute atomic E-state index is 14.4. The van der Waals surface area contributed by atoms with Crippen LogP contribution in [0.4, 0.5) is 8.78 Å². The summed E-state index contributed by atoms with van der Waals surface area (Å²) < 4.78 is 80.6. The average Bonchev–Trinajstić information content (AvgIpc) is 2.96. The summed E-state index contributed by atoms with van der Waals surface area (Å²) in [7, 11) is -8.79. The number of benzene rings is 4. The van der Waals surface area contributed by atoms with E-state index in [9.17, 15) is 21.8 Å².